The molecule has 4 aromatic rings. The van der Waals surface area contributed by atoms with Crippen LogP contribution in [-0.4, -0.2) is 46.7 Å². The highest BCUT2D eigenvalue weighted by atomic mass is 35.5. The van der Waals surface area contributed by atoms with Crippen LogP contribution in [0.3, 0.4) is 0 Å². The van der Waals surface area contributed by atoms with Gasteiger partial charge in [-0.2, -0.15) is 26.3 Å². The molecule has 284 valence electrons. The lowest BCUT2D eigenvalue weighted by Gasteiger charge is -2.27. The minimum atomic E-state index is -4.89. The van der Waals surface area contributed by atoms with Gasteiger partial charge in [0.1, 0.15) is 34.5 Å². The summed E-state index contributed by atoms with van der Waals surface area (Å²) in [5.74, 6) is -2.88. The molecular formula is C36H22Cl4F6O8. The van der Waals surface area contributed by atoms with Crippen molar-refractivity contribution in [3.8, 4) is 34.5 Å². The molecule has 2 heterocycles. The summed E-state index contributed by atoms with van der Waals surface area (Å²) < 4.78 is 100. The third-order valence-corrected chi connectivity index (χ3v) is 8.67. The van der Waals surface area contributed by atoms with Gasteiger partial charge in [-0.05, 0) is 85.7 Å². The number of benzene rings is 4. The van der Waals surface area contributed by atoms with E-state index in [4.69, 9.17) is 75.6 Å². The number of alkyl halides is 6. The molecule has 0 amide bonds. The second kappa shape index (κ2) is 15.5. The molecule has 54 heavy (non-hydrogen) atoms. The van der Waals surface area contributed by atoms with E-state index in [0.29, 0.717) is 32.7 Å². The molecular weight excluding hydrogens is 816 g/mol. The van der Waals surface area contributed by atoms with Crippen molar-refractivity contribution in [2.24, 2.45) is 0 Å². The molecule has 0 aliphatic carbocycles. The molecule has 0 saturated carbocycles. The van der Waals surface area contributed by atoms with E-state index in [1.807, 2.05) is 0 Å². The van der Waals surface area contributed by atoms with E-state index in [1.54, 1.807) is 50.2 Å². The van der Waals surface area contributed by atoms with Gasteiger partial charge in [0.2, 0.25) is 12.2 Å². The quantitative estimate of drug-likeness (QED) is 0.185. The van der Waals surface area contributed by atoms with Gasteiger partial charge in [-0.1, -0.05) is 46.4 Å². The van der Waals surface area contributed by atoms with Crippen LogP contribution >= 0.6 is 46.4 Å². The number of aliphatic carboxylic acids is 2. The highest BCUT2D eigenvalue weighted by Gasteiger charge is 2.49. The third kappa shape index (κ3) is 9.12. The number of carbonyl (C=O) groups is 2. The van der Waals surface area contributed by atoms with Crippen LogP contribution in [0, 0.1) is 13.8 Å². The smallest absolute Gasteiger partial charge is 0.430 e. The Morgan fingerprint density at radius 3 is 1.24 bits per heavy atom. The molecule has 0 bridgehead atoms. The Kier molecular flexibility index (Phi) is 11.6. The summed E-state index contributed by atoms with van der Waals surface area (Å²) >= 11 is 24.0. The van der Waals surface area contributed by atoms with Crippen LogP contribution in [0.4, 0.5) is 26.3 Å². The highest BCUT2D eigenvalue weighted by Crippen LogP contribution is 2.45. The predicted molar refractivity (Wildman–Crippen MR) is 188 cm³/mol. The predicted octanol–water partition coefficient (Wildman–Crippen LogP) is 11.8. The first kappa shape index (κ1) is 40.4. The lowest BCUT2D eigenvalue weighted by atomic mass is 10.0. The molecule has 1 unspecified atom stereocenters. The lowest BCUT2D eigenvalue weighted by Crippen LogP contribution is -2.40. The fraction of sp³-hybridized carbons (Fsp3) is 0.167. The van der Waals surface area contributed by atoms with Crippen molar-refractivity contribution in [1.29, 1.82) is 0 Å². The summed E-state index contributed by atoms with van der Waals surface area (Å²) in [6.45, 7) is 3.48. The Hall–Kier alpha value is -4.76. The van der Waals surface area contributed by atoms with E-state index in [2.05, 4.69) is 0 Å². The van der Waals surface area contributed by atoms with Gasteiger partial charge in [0.05, 0.1) is 21.2 Å². The third-order valence-electron chi connectivity index (χ3n) is 7.61. The Bertz CT molecular complexity index is 2060. The van der Waals surface area contributed by atoms with Crippen LogP contribution in [0.25, 0.3) is 12.2 Å². The maximum absolute atomic E-state index is 13.2. The molecule has 2 atom stereocenters. The molecule has 0 spiro atoms. The van der Waals surface area contributed by atoms with Gasteiger partial charge in [0.25, 0.3) is 0 Å². The van der Waals surface area contributed by atoms with Gasteiger partial charge >= 0.3 is 24.3 Å². The van der Waals surface area contributed by atoms with Crippen LogP contribution in [0.1, 0.15) is 22.3 Å². The molecule has 0 fully saturated rings. The first-order chi connectivity index (χ1) is 25.1. The summed E-state index contributed by atoms with van der Waals surface area (Å²) in [5, 5.41) is 19.3. The fourth-order valence-electron chi connectivity index (χ4n) is 5.08. The maximum atomic E-state index is 13.2. The monoisotopic (exact) mass is 836 g/mol. The van der Waals surface area contributed by atoms with Crippen LogP contribution in [0.15, 0.2) is 71.8 Å². The Morgan fingerprint density at radius 2 is 0.944 bits per heavy atom. The van der Waals surface area contributed by atoms with Crippen LogP contribution < -0.4 is 18.9 Å². The lowest BCUT2D eigenvalue weighted by molar-refractivity contribution is -0.187. The second-order valence-electron chi connectivity index (χ2n) is 11.6. The second-order valence-corrected chi connectivity index (χ2v) is 13.2. The van der Waals surface area contributed by atoms with E-state index in [1.165, 1.54) is 24.3 Å². The maximum Gasteiger partial charge on any atom is 0.430 e. The number of carboxylic acids is 2. The first-order valence-electron chi connectivity index (χ1n) is 15.0. The van der Waals surface area contributed by atoms with Crippen LogP contribution in [0.2, 0.25) is 20.1 Å². The number of hydrogen-bond donors (Lipinski definition) is 2. The summed E-state index contributed by atoms with van der Waals surface area (Å²) in [5.41, 5.74) is -0.241. The minimum Gasteiger partial charge on any atom is -0.478 e. The Balaban J connectivity index is 0.000000208. The van der Waals surface area contributed by atoms with Gasteiger partial charge in [-0.25, -0.2) is 9.59 Å². The molecule has 0 radical (unpaired) electrons. The molecule has 2 N–H and O–H groups in total. The number of aryl methyl sites for hydroxylation is 2. The molecule has 0 saturated heterocycles. The molecule has 4 aromatic carbocycles. The van der Waals surface area contributed by atoms with Gasteiger partial charge in [-0.15, -0.1) is 0 Å². The van der Waals surface area contributed by atoms with E-state index < -0.39 is 47.6 Å². The normalized spacial score (nSPS) is 16.2. The molecule has 8 nitrogen and oxygen atoms in total. The van der Waals surface area contributed by atoms with Crippen molar-refractivity contribution in [2.75, 3.05) is 0 Å². The van der Waals surface area contributed by atoms with Crippen LogP contribution in [0.5, 0.6) is 34.5 Å². The molecule has 2 aliphatic rings. The summed E-state index contributed by atoms with van der Waals surface area (Å²) in [6.07, 6.45) is -13.2. The minimum absolute atomic E-state index is 0.0638. The van der Waals surface area contributed by atoms with E-state index in [9.17, 15) is 35.9 Å². The topological polar surface area (TPSA) is 112 Å². The molecule has 6 rings (SSSR count). The average molecular weight is 838 g/mol. The Morgan fingerprint density at radius 1 is 0.593 bits per heavy atom. The summed E-state index contributed by atoms with van der Waals surface area (Å²) in [4.78, 5) is 22.3. The van der Waals surface area contributed by atoms with Crippen molar-refractivity contribution in [2.45, 2.75) is 38.4 Å². The zero-order chi connectivity index (χ0) is 39.9. The van der Waals surface area contributed by atoms with E-state index in [-0.39, 0.29) is 44.2 Å². The molecule has 18 heteroatoms. The zero-order valence-electron chi connectivity index (χ0n) is 27.2. The number of carboxylic acid groups (broad SMARTS) is 2. The van der Waals surface area contributed by atoms with Crippen LogP contribution in [-0.2, 0) is 9.59 Å². The zero-order valence-corrected chi connectivity index (χ0v) is 30.2. The molecule has 0 aromatic heterocycles. The van der Waals surface area contributed by atoms with Crippen molar-refractivity contribution < 1.29 is 65.1 Å². The number of halogens is 10. The van der Waals surface area contributed by atoms with E-state index in [0.717, 1.165) is 12.2 Å². The summed E-state index contributed by atoms with van der Waals surface area (Å²) in [7, 11) is 0. The SMILES string of the molecule is Cc1cc(Cl)ccc1Oc1cc2c(cc1Cl)C=C(C(=O)O)C(C(F)(F)F)O2.Cc1cc(Cl)ccc1Oc1cc2c(cc1Cl)C=C(C(=O)O)[C@H](C(F)(F)F)O2. The van der Waals surface area contributed by atoms with Crippen molar-refractivity contribution in [3.63, 3.8) is 0 Å². The average Bonchev–Trinajstić information content (AvgIpc) is 3.06. The fourth-order valence-corrected chi connectivity index (χ4v) is 5.95. The van der Waals surface area contributed by atoms with Crippen molar-refractivity contribution >= 4 is 70.5 Å². The van der Waals surface area contributed by atoms with Crippen molar-refractivity contribution in [1.82, 2.24) is 0 Å². The van der Waals surface area contributed by atoms with E-state index >= 15 is 0 Å². The van der Waals surface area contributed by atoms with Crippen molar-refractivity contribution in [3.05, 3.63) is 114 Å². The number of hydrogen-bond acceptors (Lipinski definition) is 6. The standard InChI is InChI=1S/2C18H11Cl2F3O4/c2*1-8-4-10(19)2-3-13(8)26-15-7-14-9(6-12(15)20)5-11(17(24)25)16(27-14)18(21,22)23/h2*2-7,16H,1H3,(H,24,25)/t16-;/m1./s1. The number of ether oxygens (including phenoxy) is 4. The van der Waals surface area contributed by atoms with Gasteiger partial charge < -0.3 is 29.2 Å². The number of fused-ring (bicyclic) bond motifs is 2. The summed E-state index contributed by atoms with van der Waals surface area (Å²) in [6, 6.07) is 14.6. The first-order valence-corrected chi connectivity index (χ1v) is 16.5. The van der Waals surface area contributed by atoms with Gasteiger partial charge in [0, 0.05) is 33.3 Å². The highest BCUT2D eigenvalue weighted by molar-refractivity contribution is 6.33. The largest absolute Gasteiger partial charge is 0.478 e. The molecule has 2 aliphatic heterocycles. The number of rotatable bonds is 6. The Labute approximate surface area is 321 Å². The van der Waals surface area contributed by atoms with Gasteiger partial charge in [0.15, 0.2) is 0 Å². The van der Waals surface area contributed by atoms with Gasteiger partial charge in [-0.3, -0.25) is 0 Å².